The molecule has 1 aromatic carbocycles. The Hall–Kier alpha value is -2.10. The number of fused-ring (bicyclic) bond motifs is 1. The van der Waals surface area contributed by atoms with Crippen LogP contribution in [0.15, 0.2) is 21.3 Å². The van der Waals surface area contributed by atoms with Crippen LogP contribution in [0.3, 0.4) is 0 Å². The second-order valence-electron chi connectivity index (χ2n) is 4.50. The second-order valence-corrected chi connectivity index (χ2v) is 4.50. The van der Waals surface area contributed by atoms with Gasteiger partial charge < -0.3 is 9.52 Å². The number of benzene rings is 1. The van der Waals surface area contributed by atoms with E-state index < -0.39 is 0 Å². The number of ketones is 1. The van der Waals surface area contributed by atoms with Crippen LogP contribution in [0.2, 0.25) is 0 Å². The van der Waals surface area contributed by atoms with Crippen molar-refractivity contribution in [3.05, 3.63) is 39.2 Å². The molecule has 2 rings (SSSR count). The molecule has 0 amide bonds. The van der Waals surface area contributed by atoms with Gasteiger partial charge in [-0.2, -0.15) is 0 Å². The Bertz CT molecular complexity index is 710. The van der Waals surface area contributed by atoms with Gasteiger partial charge in [0.15, 0.2) is 5.78 Å². The van der Waals surface area contributed by atoms with Gasteiger partial charge in [-0.05, 0) is 18.6 Å². The molecule has 0 radical (unpaired) electrons. The maximum Gasteiger partial charge on any atom is 0.204 e. The van der Waals surface area contributed by atoms with Crippen molar-refractivity contribution in [2.45, 2.75) is 33.6 Å². The van der Waals surface area contributed by atoms with Crippen LogP contribution in [0.25, 0.3) is 11.0 Å². The number of hydrogen-bond donors (Lipinski definition) is 1. The number of aryl methyl sites for hydroxylation is 2. The number of aromatic hydroxyl groups is 1. The Morgan fingerprint density at radius 1 is 1.32 bits per heavy atom. The molecule has 2 aromatic rings. The van der Waals surface area contributed by atoms with Crippen LogP contribution in [-0.2, 0) is 6.42 Å². The van der Waals surface area contributed by atoms with E-state index in [1.165, 1.54) is 12.1 Å². The van der Waals surface area contributed by atoms with Gasteiger partial charge >= 0.3 is 0 Å². The number of phenolic OH excluding ortho intramolecular Hbond substituents is 1. The smallest absolute Gasteiger partial charge is 0.204 e. The van der Waals surface area contributed by atoms with Crippen molar-refractivity contribution < 1.29 is 14.3 Å². The molecule has 0 unspecified atom stereocenters. The average Bonchev–Trinajstić information content (AvgIpc) is 2.36. The van der Waals surface area contributed by atoms with Crippen LogP contribution >= 0.6 is 0 Å². The first-order valence-electron chi connectivity index (χ1n) is 6.32. The average molecular weight is 260 g/mol. The van der Waals surface area contributed by atoms with Crippen molar-refractivity contribution in [1.29, 1.82) is 0 Å². The lowest BCUT2D eigenvalue weighted by molar-refractivity contribution is 0.0984. The van der Waals surface area contributed by atoms with E-state index in [0.717, 1.165) is 0 Å². The summed E-state index contributed by atoms with van der Waals surface area (Å²) in [5.41, 5.74) is 0.775. The molecule has 1 heterocycles. The van der Waals surface area contributed by atoms with Crippen molar-refractivity contribution in [3.8, 4) is 5.75 Å². The number of carbonyl (C=O) groups excluding carboxylic acids is 1. The predicted molar refractivity (Wildman–Crippen MR) is 72.9 cm³/mol. The molecular weight excluding hydrogens is 244 g/mol. The Morgan fingerprint density at radius 2 is 2.00 bits per heavy atom. The molecule has 4 heteroatoms. The third-order valence-corrected chi connectivity index (χ3v) is 3.17. The van der Waals surface area contributed by atoms with Gasteiger partial charge in [0.1, 0.15) is 22.7 Å². The lowest BCUT2D eigenvalue weighted by Crippen LogP contribution is -2.18. The third-order valence-electron chi connectivity index (χ3n) is 3.17. The van der Waals surface area contributed by atoms with E-state index in [0.29, 0.717) is 28.7 Å². The zero-order valence-corrected chi connectivity index (χ0v) is 11.2. The summed E-state index contributed by atoms with van der Waals surface area (Å²) in [4.78, 5) is 24.4. The number of carbonyl (C=O) groups is 1. The topological polar surface area (TPSA) is 67.5 Å². The summed E-state index contributed by atoms with van der Waals surface area (Å²) in [7, 11) is 0. The summed E-state index contributed by atoms with van der Waals surface area (Å²) in [5, 5.41) is 9.93. The molecule has 1 aromatic heterocycles. The Morgan fingerprint density at radius 3 is 2.58 bits per heavy atom. The highest BCUT2D eigenvalue weighted by molar-refractivity contribution is 5.99. The van der Waals surface area contributed by atoms with E-state index in [1.807, 2.05) is 6.92 Å². The first kappa shape index (κ1) is 13.3. The Balaban J connectivity index is 2.95. The van der Waals surface area contributed by atoms with E-state index in [-0.39, 0.29) is 28.9 Å². The summed E-state index contributed by atoms with van der Waals surface area (Å²) in [5.74, 6) is 0.221. The molecule has 1 N–H and O–H groups in total. The minimum atomic E-state index is -0.303. The first-order chi connectivity index (χ1) is 8.99. The van der Waals surface area contributed by atoms with Crippen molar-refractivity contribution in [3.63, 3.8) is 0 Å². The van der Waals surface area contributed by atoms with Gasteiger partial charge in [-0.15, -0.1) is 0 Å². The van der Waals surface area contributed by atoms with Crippen LogP contribution in [0.4, 0.5) is 0 Å². The molecular formula is C15H16O4. The van der Waals surface area contributed by atoms with Crippen LogP contribution in [0, 0.1) is 6.92 Å². The SMILES string of the molecule is CCC(=O)c1c(CC)oc2cc(O)cc(C)c2c1=O. The second kappa shape index (κ2) is 4.88. The minimum absolute atomic E-state index is 0.0461. The minimum Gasteiger partial charge on any atom is -0.508 e. The van der Waals surface area contributed by atoms with E-state index in [1.54, 1.807) is 13.8 Å². The fraction of sp³-hybridized carbons (Fsp3) is 0.333. The molecule has 0 bridgehead atoms. The van der Waals surface area contributed by atoms with Gasteiger partial charge in [-0.3, -0.25) is 9.59 Å². The van der Waals surface area contributed by atoms with Crippen molar-refractivity contribution in [2.75, 3.05) is 0 Å². The summed E-state index contributed by atoms with van der Waals surface area (Å²) in [6.07, 6.45) is 0.724. The van der Waals surface area contributed by atoms with E-state index in [9.17, 15) is 14.7 Å². The van der Waals surface area contributed by atoms with Crippen molar-refractivity contribution >= 4 is 16.8 Å². The third kappa shape index (κ3) is 2.14. The summed E-state index contributed by atoms with van der Waals surface area (Å²) in [6.45, 7) is 5.26. The molecule has 0 atom stereocenters. The Kier molecular flexibility index (Phi) is 3.42. The van der Waals surface area contributed by atoms with E-state index in [4.69, 9.17) is 4.42 Å². The highest BCUT2D eigenvalue weighted by atomic mass is 16.3. The molecule has 0 aliphatic carbocycles. The molecule has 0 spiro atoms. The summed E-state index contributed by atoms with van der Waals surface area (Å²) < 4.78 is 5.63. The molecule has 0 aliphatic heterocycles. The van der Waals surface area contributed by atoms with Gasteiger partial charge in [-0.25, -0.2) is 0 Å². The lowest BCUT2D eigenvalue weighted by Gasteiger charge is -2.09. The highest BCUT2D eigenvalue weighted by Crippen LogP contribution is 2.24. The van der Waals surface area contributed by atoms with Gasteiger partial charge in [0.2, 0.25) is 5.43 Å². The van der Waals surface area contributed by atoms with Gasteiger partial charge in [0, 0.05) is 18.9 Å². The largest absolute Gasteiger partial charge is 0.508 e. The zero-order chi connectivity index (χ0) is 14.2. The quantitative estimate of drug-likeness (QED) is 0.861. The molecule has 100 valence electrons. The molecule has 0 aliphatic rings. The predicted octanol–water partition coefficient (Wildman–Crippen LogP) is 2.96. The van der Waals surface area contributed by atoms with Crippen molar-refractivity contribution in [2.24, 2.45) is 0 Å². The molecule has 0 saturated heterocycles. The number of rotatable bonds is 3. The number of Topliss-reactive ketones (excluding diaryl/α,β-unsaturated/α-hetero) is 1. The zero-order valence-electron chi connectivity index (χ0n) is 11.2. The van der Waals surface area contributed by atoms with Crippen LogP contribution in [-0.4, -0.2) is 10.9 Å². The van der Waals surface area contributed by atoms with E-state index >= 15 is 0 Å². The van der Waals surface area contributed by atoms with Gasteiger partial charge in [0.25, 0.3) is 0 Å². The number of phenols is 1. The monoisotopic (exact) mass is 260 g/mol. The fourth-order valence-corrected chi connectivity index (χ4v) is 2.25. The van der Waals surface area contributed by atoms with Crippen molar-refractivity contribution in [1.82, 2.24) is 0 Å². The fourth-order valence-electron chi connectivity index (χ4n) is 2.25. The van der Waals surface area contributed by atoms with Crippen LogP contribution in [0.1, 0.15) is 41.9 Å². The molecule has 19 heavy (non-hydrogen) atoms. The maximum absolute atomic E-state index is 12.5. The molecule has 0 fully saturated rings. The highest BCUT2D eigenvalue weighted by Gasteiger charge is 2.20. The maximum atomic E-state index is 12.5. The number of hydrogen-bond acceptors (Lipinski definition) is 4. The molecule has 0 saturated carbocycles. The van der Waals surface area contributed by atoms with Crippen LogP contribution in [0.5, 0.6) is 5.75 Å². The normalized spacial score (nSPS) is 10.9. The van der Waals surface area contributed by atoms with Gasteiger partial charge in [-0.1, -0.05) is 13.8 Å². The standard InChI is InChI=1S/C15H16O4/c1-4-10(17)14-11(5-2)19-12-7-9(16)6-8(3)13(12)15(14)18/h6-7,16H,4-5H2,1-3H3. The van der Waals surface area contributed by atoms with E-state index in [2.05, 4.69) is 0 Å². The lowest BCUT2D eigenvalue weighted by atomic mass is 10.0. The summed E-state index contributed by atoms with van der Waals surface area (Å²) in [6, 6.07) is 2.90. The Labute approximate surface area is 110 Å². The summed E-state index contributed by atoms with van der Waals surface area (Å²) >= 11 is 0. The molecule has 4 nitrogen and oxygen atoms in total. The van der Waals surface area contributed by atoms with Crippen LogP contribution < -0.4 is 5.43 Å². The first-order valence-corrected chi connectivity index (χ1v) is 6.32. The van der Waals surface area contributed by atoms with Gasteiger partial charge in [0.05, 0.1) is 5.39 Å².